The highest BCUT2D eigenvalue weighted by molar-refractivity contribution is 5.73. The van der Waals surface area contributed by atoms with E-state index < -0.39 is 0 Å². The first-order valence-electron chi connectivity index (χ1n) is 9.39. The summed E-state index contributed by atoms with van der Waals surface area (Å²) in [6.07, 6.45) is 1.70. The van der Waals surface area contributed by atoms with Crippen LogP contribution in [0.2, 0.25) is 0 Å². The van der Waals surface area contributed by atoms with Gasteiger partial charge in [-0.05, 0) is 31.4 Å². The third-order valence-corrected chi connectivity index (χ3v) is 4.72. The number of nitrogens with one attached hydrogen (secondary N) is 1. The normalized spacial score (nSPS) is 16.3. The lowest BCUT2D eigenvalue weighted by molar-refractivity contribution is -0.119. The molecule has 0 aromatic carbocycles. The van der Waals surface area contributed by atoms with Gasteiger partial charge in [-0.15, -0.1) is 10.2 Å². The number of carbonyl (C=O) groups is 1. The Hall–Kier alpha value is -2.15. The smallest absolute Gasteiger partial charge is 0.217 e. The molecule has 142 valence electrons. The first kappa shape index (κ1) is 18.6. The number of carbonyl (C=O) groups excluding carboxylic acids is 1. The molecule has 1 amide bonds. The predicted molar refractivity (Wildman–Crippen MR) is 98.5 cm³/mol. The maximum absolute atomic E-state index is 11.6. The second kappa shape index (κ2) is 8.03. The number of rotatable bonds is 6. The molecule has 2 aromatic rings. The molecule has 26 heavy (non-hydrogen) atoms. The summed E-state index contributed by atoms with van der Waals surface area (Å²) in [6, 6.07) is 3.96. The van der Waals surface area contributed by atoms with Gasteiger partial charge < -0.3 is 14.3 Å². The molecule has 1 aliphatic rings. The minimum absolute atomic E-state index is 0.0311. The monoisotopic (exact) mass is 359 g/mol. The predicted octanol–water partition coefficient (Wildman–Crippen LogP) is 2.46. The van der Waals surface area contributed by atoms with E-state index in [1.807, 2.05) is 19.1 Å². The van der Waals surface area contributed by atoms with Crippen molar-refractivity contribution in [2.24, 2.45) is 5.92 Å². The average molecular weight is 359 g/mol. The SMILES string of the molecule is CC(=O)NC(CC(C)C)c1nnc2n1CCN(Cc1ccc(C)o1)CC2. The molecule has 1 aliphatic heterocycles. The van der Waals surface area contributed by atoms with Crippen molar-refractivity contribution in [1.29, 1.82) is 0 Å². The van der Waals surface area contributed by atoms with Crippen molar-refractivity contribution in [2.75, 3.05) is 13.1 Å². The van der Waals surface area contributed by atoms with Gasteiger partial charge >= 0.3 is 0 Å². The molecule has 3 heterocycles. The van der Waals surface area contributed by atoms with Crippen LogP contribution in [-0.2, 0) is 24.3 Å². The minimum atomic E-state index is -0.0898. The highest BCUT2D eigenvalue weighted by Gasteiger charge is 2.25. The van der Waals surface area contributed by atoms with Gasteiger partial charge in [0.1, 0.15) is 17.3 Å². The van der Waals surface area contributed by atoms with Crippen LogP contribution in [0.25, 0.3) is 0 Å². The maximum Gasteiger partial charge on any atom is 0.217 e. The average Bonchev–Trinajstić information content (AvgIpc) is 3.09. The zero-order valence-electron chi connectivity index (χ0n) is 16.2. The van der Waals surface area contributed by atoms with Crippen molar-refractivity contribution in [3.05, 3.63) is 35.3 Å². The largest absolute Gasteiger partial charge is 0.465 e. The number of aryl methyl sites for hydroxylation is 1. The Morgan fingerprint density at radius 2 is 2.08 bits per heavy atom. The van der Waals surface area contributed by atoms with E-state index in [1.165, 1.54) is 0 Å². The Bertz CT molecular complexity index is 749. The molecule has 7 heteroatoms. The van der Waals surface area contributed by atoms with E-state index in [-0.39, 0.29) is 11.9 Å². The fourth-order valence-corrected chi connectivity index (χ4v) is 3.54. The highest BCUT2D eigenvalue weighted by Crippen LogP contribution is 2.22. The van der Waals surface area contributed by atoms with E-state index in [0.717, 1.165) is 62.2 Å². The number of aromatic nitrogens is 3. The van der Waals surface area contributed by atoms with Crippen LogP contribution in [0.15, 0.2) is 16.5 Å². The van der Waals surface area contributed by atoms with Gasteiger partial charge in [0.2, 0.25) is 5.91 Å². The molecule has 0 spiro atoms. The lowest BCUT2D eigenvalue weighted by Gasteiger charge is -2.21. The Kier molecular flexibility index (Phi) is 5.76. The van der Waals surface area contributed by atoms with Crippen LogP contribution >= 0.6 is 0 Å². The van der Waals surface area contributed by atoms with Gasteiger partial charge in [-0.1, -0.05) is 13.8 Å². The van der Waals surface area contributed by atoms with Crippen molar-refractivity contribution in [3.63, 3.8) is 0 Å². The summed E-state index contributed by atoms with van der Waals surface area (Å²) < 4.78 is 7.90. The fraction of sp³-hybridized carbons (Fsp3) is 0.632. The summed E-state index contributed by atoms with van der Waals surface area (Å²) in [5.74, 6) is 4.25. The molecule has 0 aliphatic carbocycles. The quantitative estimate of drug-likeness (QED) is 0.857. The van der Waals surface area contributed by atoms with Crippen LogP contribution in [0, 0.1) is 12.8 Å². The molecule has 7 nitrogen and oxygen atoms in total. The molecule has 0 bridgehead atoms. The van der Waals surface area contributed by atoms with Gasteiger partial charge in [0, 0.05) is 33.0 Å². The van der Waals surface area contributed by atoms with Gasteiger partial charge in [-0.3, -0.25) is 9.69 Å². The molecule has 0 saturated heterocycles. The van der Waals surface area contributed by atoms with E-state index in [0.29, 0.717) is 5.92 Å². The van der Waals surface area contributed by atoms with Crippen molar-refractivity contribution < 1.29 is 9.21 Å². The van der Waals surface area contributed by atoms with Crippen LogP contribution in [-0.4, -0.2) is 38.7 Å². The Morgan fingerprint density at radius 1 is 1.27 bits per heavy atom. The van der Waals surface area contributed by atoms with Crippen LogP contribution < -0.4 is 5.32 Å². The molecule has 1 unspecified atom stereocenters. The van der Waals surface area contributed by atoms with Gasteiger partial charge in [0.05, 0.1) is 12.6 Å². The third kappa shape index (κ3) is 4.52. The molecule has 2 aromatic heterocycles. The van der Waals surface area contributed by atoms with Crippen molar-refractivity contribution in [2.45, 2.75) is 59.7 Å². The van der Waals surface area contributed by atoms with E-state index in [4.69, 9.17) is 4.42 Å². The molecule has 1 atom stereocenters. The number of furan rings is 1. The molecule has 0 fully saturated rings. The standard InChI is InChI=1S/C19H29N5O2/c1-13(2)11-17(20-15(4)25)19-22-21-18-7-8-23(9-10-24(18)19)12-16-6-5-14(3)26-16/h5-6,13,17H,7-12H2,1-4H3,(H,20,25). The summed E-state index contributed by atoms with van der Waals surface area (Å²) in [5, 5.41) is 11.9. The number of nitrogens with zero attached hydrogens (tertiary/aromatic N) is 4. The molecule has 0 saturated carbocycles. The number of hydrogen-bond acceptors (Lipinski definition) is 5. The third-order valence-electron chi connectivity index (χ3n) is 4.72. The summed E-state index contributed by atoms with van der Waals surface area (Å²) in [7, 11) is 0. The molecule has 3 rings (SSSR count). The van der Waals surface area contributed by atoms with E-state index in [9.17, 15) is 4.79 Å². The first-order chi connectivity index (χ1) is 12.4. The zero-order valence-corrected chi connectivity index (χ0v) is 16.2. The second-order valence-electron chi connectivity index (χ2n) is 7.55. The van der Waals surface area contributed by atoms with Gasteiger partial charge in [0.15, 0.2) is 5.82 Å². The first-order valence-corrected chi connectivity index (χ1v) is 9.39. The fourth-order valence-electron chi connectivity index (χ4n) is 3.54. The Morgan fingerprint density at radius 3 is 2.73 bits per heavy atom. The molecular formula is C19H29N5O2. The van der Waals surface area contributed by atoms with Crippen LogP contribution in [0.5, 0.6) is 0 Å². The minimum Gasteiger partial charge on any atom is -0.465 e. The lowest BCUT2D eigenvalue weighted by atomic mass is 10.0. The second-order valence-corrected chi connectivity index (χ2v) is 7.55. The topological polar surface area (TPSA) is 76.2 Å². The van der Waals surface area contributed by atoms with Crippen LogP contribution in [0.4, 0.5) is 0 Å². The number of fused-ring (bicyclic) bond motifs is 1. The molecule has 1 N–H and O–H groups in total. The summed E-state index contributed by atoms with van der Waals surface area (Å²) in [4.78, 5) is 14.0. The number of amides is 1. The Labute approximate surface area is 154 Å². The van der Waals surface area contributed by atoms with E-state index >= 15 is 0 Å². The van der Waals surface area contributed by atoms with Crippen LogP contribution in [0.3, 0.4) is 0 Å². The lowest BCUT2D eigenvalue weighted by Crippen LogP contribution is -2.31. The maximum atomic E-state index is 11.6. The van der Waals surface area contributed by atoms with Crippen LogP contribution in [0.1, 0.15) is 56.4 Å². The summed E-state index contributed by atoms with van der Waals surface area (Å²) >= 11 is 0. The van der Waals surface area contributed by atoms with E-state index in [1.54, 1.807) is 6.92 Å². The molecule has 0 radical (unpaired) electrons. The Balaban J connectivity index is 1.72. The van der Waals surface area contributed by atoms with Gasteiger partial charge in [0.25, 0.3) is 0 Å². The van der Waals surface area contributed by atoms with Crippen molar-refractivity contribution >= 4 is 5.91 Å². The number of hydrogen-bond donors (Lipinski definition) is 1. The van der Waals surface area contributed by atoms with Gasteiger partial charge in [-0.2, -0.15) is 0 Å². The zero-order chi connectivity index (χ0) is 18.7. The summed E-state index contributed by atoms with van der Waals surface area (Å²) in [6.45, 7) is 11.3. The molecular weight excluding hydrogens is 330 g/mol. The highest BCUT2D eigenvalue weighted by atomic mass is 16.3. The van der Waals surface area contributed by atoms with E-state index in [2.05, 4.69) is 38.8 Å². The van der Waals surface area contributed by atoms with Crippen molar-refractivity contribution in [1.82, 2.24) is 25.0 Å². The van der Waals surface area contributed by atoms with Gasteiger partial charge in [-0.25, -0.2) is 0 Å². The van der Waals surface area contributed by atoms with Crippen molar-refractivity contribution in [3.8, 4) is 0 Å². The summed E-state index contributed by atoms with van der Waals surface area (Å²) in [5.41, 5.74) is 0.